The summed E-state index contributed by atoms with van der Waals surface area (Å²) in [7, 11) is 0. The molecule has 0 bridgehead atoms. The molecule has 2 aliphatic heterocycles. The van der Waals surface area contributed by atoms with Gasteiger partial charge in [0.05, 0.1) is 0 Å². The summed E-state index contributed by atoms with van der Waals surface area (Å²) in [6.07, 6.45) is 2.27. The van der Waals surface area contributed by atoms with E-state index in [0.717, 1.165) is 30.0 Å². The second-order valence-electron chi connectivity index (χ2n) is 7.18. The molecule has 3 rings (SSSR count). The van der Waals surface area contributed by atoms with Crippen molar-refractivity contribution in [3.8, 4) is 5.75 Å². The summed E-state index contributed by atoms with van der Waals surface area (Å²) >= 11 is 6.05. The topological polar surface area (TPSA) is 38.8 Å². The maximum absolute atomic E-state index is 12.1. The molecule has 1 spiro atoms. The van der Waals surface area contributed by atoms with Crippen molar-refractivity contribution in [2.45, 2.75) is 51.2 Å². The Bertz CT molecular complexity index is 586. The fraction of sp³-hybridized carbons (Fsp3) is 0.588. The van der Waals surface area contributed by atoms with Gasteiger partial charge in [0, 0.05) is 37.4 Å². The summed E-state index contributed by atoms with van der Waals surface area (Å²) in [6, 6.07) is 5.77. The van der Waals surface area contributed by atoms with Gasteiger partial charge in [-0.3, -0.25) is 0 Å². The van der Waals surface area contributed by atoms with E-state index in [1.807, 2.05) is 39.0 Å². The van der Waals surface area contributed by atoms with Crippen molar-refractivity contribution in [1.82, 2.24) is 4.90 Å². The first-order valence-electron chi connectivity index (χ1n) is 7.72. The zero-order valence-electron chi connectivity index (χ0n) is 13.3. The van der Waals surface area contributed by atoms with Crippen LogP contribution >= 0.6 is 11.6 Å². The number of likely N-dealkylation sites (tertiary alicyclic amines) is 1. The summed E-state index contributed by atoms with van der Waals surface area (Å²) in [5, 5.41) is 0.741. The van der Waals surface area contributed by atoms with E-state index < -0.39 is 5.60 Å². The molecule has 0 aliphatic carbocycles. The fourth-order valence-corrected chi connectivity index (χ4v) is 3.30. The number of rotatable bonds is 0. The van der Waals surface area contributed by atoms with Gasteiger partial charge in [0.15, 0.2) is 0 Å². The Balaban J connectivity index is 1.62. The van der Waals surface area contributed by atoms with Crippen molar-refractivity contribution in [1.29, 1.82) is 0 Å². The van der Waals surface area contributed by atoms with Crippen LogP contribution < -0.4 is 4.74 Å². The Morgan fingerprint density at radius 1 is 1.32 bits per heavy atom. The predicted molar refractivity (Wildman–Crippen MR) is 85.6 cm³/mol. The van der Waals surface area contributed by atoms with Gasteiger partial charge < -0.3 is 14.4 Å². The third-order valence-corrected chi connectivity index (χ3v) is 4.42. The number of ether oxygens (including phenoxy) is 2. The van der Waals surface area contributed by atoms with Crippen LogP contribution in [0.25, 0.3) is 0 Å². The molecule has 1 fully saturated rings. The standard InChI is InChI=1S/C17H22ClNO3/c1-16(2,3)22-15(20)19-8-6-17(7-9-19)11-12-10-13(18)4-5-14(12)21-17/h4-5,10H,6-9,11H2,1-3H3. The van der Waals surface area contributed by atoms with Gasteiger partial charge in [0.1, 0.15) is 17.0 Å². The molecule has 120 valence electrons. The van der Waals surface area contributed by atoms with Crippen LogP contribution in [0.2, 0.25) is 5.02 Å². The molecular weight excluding hydrogens is 302 g/mol. The first-order valence-corrected chi connectivity index (χ1v) is 8.10. The number of fused-ring (bicyclic) bond motifs is 1. The minimum absolute atomic E-state index is 0.189. The average molecular weight is 324 g/mol. The zero-order chi connectivity index (χ0) is 16.0. The maximum Gasteiger partial charge on any atom is 0.410 e. The van der Waals surface area contributed by atoms with Crippen molar-refractivity contribution < 1.29 is 14.3 Å². The normalized spacial score (nSPS) is 19.7. The molecule has 4 nitrogen and oxygen atoms in total. The Labute approximate surface area is 136 Å². The molecule has 2 heterocycles. The summed E-state index contributed by atoms with van der Waals surface area (Å²) in [5.41, 5.74) is 0.521. The fourth-order valence-electron chi connectivity index (χ4n) is 3.10. The summed E-state index contributed by atoms with van der Waals surface area (Å²) < 4.78 is 11.6. The van der Waals surface area contributed by atoms with Crippen LogP contribution in [0.5, 0.6) is 5.75 Å². The highest BCUT2D eigenvalue weighted by Crippen LogP contribution is 2.42. The van der Waals surface area contributed by atoms with E-state index in [-0.39, 0.29) is 11.7 Å². The largest absolute Gasteiger partial charge is 0.487 e. The van der Waals surface area contributed by atoms with Crippen molar-refractivity contribution in [3.63, 3.8) is 0 Å². The quantitative estimate of drug-likeness (QED) is 0.723. The number of carbonyl (C=O) groups is 1. The van der Waals surface area contributed by atoms with Gasteiger partial charge >= 0.3 is 6.09 Å². The molecule has 22 heavy (non-hydrogen) atoms. The monoisotopic (exact) mass is 323 g/mol. The molecule has 0 aromatic heterocycles. The minimum Gasteiger partial charge on any atom is -0.487 e. The van der Waals surface area contributed by atoms with Gasteiger partial charge in [-0.15, -0.1) is 0 Å². The number of benzene rings is 1. The molecule has 0 unspecified atom stereocenters. The molecule has 5 heteroatoms. The molecule has 1 saturated heterocycles. The Hall–Kier alpha value is -1.42. The molecular formula is C17H22ClNO3. The summed E-state index contributed by atoms with van der Waals surface area (Å²) in [6.45, 7) is 6.98. The van der Waals surface area contributed by atoms with Crippen molar-refractivity contribution in [3.05, 3.63) is 28.8 Å². The van der Waals surface area contributed by atoms with Crippen LogP contribution in [0, 0.1) is 0 Å². The molecule has 1 aromatic rings. The van der Waals surface area contributed by atoms with E-state index >= 15 is 0 Å². The van der Waals surface area contributed by atoms with Crippen LogP contribution in [0.1, 0.15) is 39.2 Å². The van der Waals surface area contributed by atoms with Crippen LogP contribution in [0.4, 0.5) is 4.79 Å². The van der Waals surface area contributed by atoms with E-state index in [4.69, 9.17) is 21.1 Å². The van der Waals surface area contributed by atoms with Crippen LogP contribution in [-0.4, -0.2) is 35.3 Å². The lowest BCUT2D eigenvalue weighted by molar-refractivity contribution is -0.00887. The second kappa shape index (κ2) is 5.34. The lowest BCUT2D eigenvalue weighted by Crippen LogP contribution is -2.50. The summed E-state index contributed by atoms with van der Waals surface area (Å²) in [4.78, 5) is 13.9. The van der Waals surface area contributed by atoms with E-state index in [1.165, 1.54) is 5.56 Å². The van der Waals surface area contributed by atoms with Gasteiger partial charge in [-0.05, 0) is 44.5 Å². The molecule has 2 aliphatic rings. The number of piperidine rings is 1. The molecule has 0 N–H and O–H groups in total. The number of nitrogens with zero attached hydrogens (tertiary/aromatic N) is 1. The van der Waals surface area contributed by atoms with Crippen molar-refractivity contribution in [2.24, 2.45) is 0 Å². The van der Waals surface area contributed by atoms with E-state index in [9.17, 15) is 4.79 Å². The average Bonchev–Trinajstić information content (AvgIpc) is 2.74. The first kappa shape index (κ1) is 15.5. The van der Waals surface area contributed by atoms with Crippen LogP contribution in [0.3, 0.4) is 0 Å². The molecule has 0 radical (unpaired) electrons. The number of hydrogen-bond acceptors (Lipinski definition) is 3. The lowest BCUT2D eigenvalue weighted by atomic mass is 9.87. The van der Waals surface area contributed by atoms with E-state index in [1.54, 1.807) is 4.90 Å². The molecule has 1 amide bonds. The van der Waals surface area contributed by atoms with Gasteiger partial charge in [0.2, 0.25) is 0 Å². The highest BCUT2D eigenvalue weighted by atomic mass is 35.5. The third-order valence-electron chi connectivity index (χ3n) is 4.19. The van der Waals surface area contributed by atoms with E-state index in [0.29, 0.717) is 13.1 Å². The Kier molecular flexibility index (Phi) is 3.76. The second-order valence-corrected chi connectivity index (χ2v) is 7.62. The van der Waals surface area contributed by atoms with Crippen molar-refractivity contribution in [2.75, 3.05) is 13.1 Å². The molecule has 0 saturated carbocycles. The van der Waals surface area contributed by atoms with Crippen LogP contribution in [-0.2, 0) is 11.2 Å². The lowest BCUT2D eigenvalue weighted by Gasteiger charge is -2.39. The highest BCUT2D eigenvalue weighted by Gasteiger charge is 2.43. The SMILES string of the molecule is CC(C)(C)OC(=O)N1CCC2(CC1)Cc1cc(Cl)ccc1O2. The van der Waals surface area contributed by atoms with Gasteiger partial charge in [-0.1, -0.05) is 11.6 Å². The van der Waals surface area contributed by atoms with Crippen LogP contribution in [0.15, 0.2) is 18.2 Å². The van der Waals surface area contributed by atoms with Gasteiger partial charge in [-0.25, -0.2) is 4.79 Å². The molecule has 1 aromatic carbocycles. The molecule has 0 atom stereocenters. The smallest absolute Gasteiger partial charge is 0.410 e. The number of carbonyl (C=O) groups excluding carboxylic acids is 1. The predicted octanol–water partition coefficient (Wildman–Crippen LogP) is 4.04. The number of halogens is 1. The zero-order valence-corrected chi connectivity index (χ0v) is 14.1. The Morgan fingerprint density at radius 3 is 2.64 bits per heavy atom. The number of amides is 1. The third kappa shape index (κ3) is 3.17. The summed E-state index contributed by atoms with van der Waals surface area (Å²) in [5.74, 6) is 0.926. The van der Waals surface area contributed by atoms with Gasteiger partial charge in [-0.2, -0.15) is 0 Å². The first-order chi connectivity index (χ1) is 10.3. The van der Waals surface area contributed by atoms with Gasteiger partial charge in [0.25, 0.3) is 0 Å². The Morgan fingerprint density at radius 2 is 2.00 bits per heavy atom. The minimum atomic E-state index is -0.455. The van der Waals surface area contributed by atoms with E-state index in [2.05, 4.69) is 0 Å². The van der Waals surface area contributed by atoms with Crippen molar-refractivity contribution >= 4 is 17.7 Å². The number of hydrogen-bond donors (Lipinski definition) is 0. The highest BCUT2D eigenvalue weighted by molar-refractivity contribution is 6.30. The maximum atomic E-state index is 12.1.